The zero-order valence-electron chi connectivity index (χ0n) is 10.5. The number of nitrogens with one attached hydrogen (secondary N) is 2. The van der Waals surface area contributed by atoms with Crippen molar-refractivity contribution in [3.05, 3.63) is 62.5 Å². The lowest BCUT2D eigenvalue weighted by molar-refractivity contribution is 0.0977. The zero-order valence-corrected chi connectivity index (χ0v) is 14.4. The predicted octanol–water partition coefficient (Wildman–Crippen LogP) is 4.88. The summed E-state index contributed by atoms with van der Waals surface area (Å²) in [4.78, 5) is 12.1. The second-order valence-electron chi connectivity index (χ2n) is 4.05. The summed E-state index contributed by atoms with van der Waals surface area (Å²) in [5.74, 6) is -0.312. The quantitative estimate of drug-likeness (QED) is 0.702. The maximum absolute atomic E-state index is 12.1. The molecule has 0 aliphatic rings. The summed E-state index contributed by atoms with van der Waals surface area (Å²) in [5.41, 5.74) is 1.09. The molecule has 2 N–H and O–H groups in total. The third-order valence-electron chi connectivity index (χ3n) is 2.47. The molecular weight excluding hydrogens is 395 g/mol. The number of amides is 1. The number of hydrogen-bond acceptors (Lipinski definition) is 2. The van der Waals surface area contributed by atoms with Crippen LogP contribution in [0.15, 0.2) is 46.9 Å². The van der Waals surface area contributed by atoms with Crippen LogP contribution >= 0.6 is 51.3 Å². The average molecular weight is 404 g/mol. The number of hydrogen-bond donors (Lipinski definition) is 2. The van der Waals surface area contributed by atoms with Crippen molar-refractivity contribution in [3.8, 4) is 0 Å². The Bertz CT molecular complexity index is 689. The fourth-order valence-corrected chi connectivity index (χ4v) is 2.81. The lowest BCUT2D eigenvalue weighted by Crippen LogP contribution is -2.34. The van der Waals surface area contributed by atoms with E-state index in [-0.39, 0.29) is 11.0 Å². The lowest BCUT2D eigenvalue weighted by Gasteiger charge is -2.11. The first kappa shape index (κ1) is 16.2. The number of halogens is 3. The Balaban J connectivity index is 2.05. The van der Waals surface area contributed by atoms with Gasteiger partial charge in [-0.3, -0.25) is 10.1 Å². The lowest BCUT2D eigenvalue weighted by atomic mass is 10.2. The molecule has 2 aromatic carbocycles. The highest BCUT2D eigenvalue weighted by Crippen LogP contribution is 2.22. The van der Waals surface area contributed by atoms with E-state index in [2.05, 4.69) is 26.6 Å². The fourth-order valence-electron chi connectivity index (χ4n) is 1.60. The van der Waals surface area contributed by atoms with Gasteiger partial charge in [-0.25, -0.2) is 0 Å². The number of benzene rings is 2. The molecule has 0 atom stereocenters. The van der Waals surface area contributed by atoms with Gasteiger partial charge in [-0.05, 0) is 58.5 Å². The van der Waals surface area contributed by atoms with Crippen LogP contribution in [0.25, 0.3) is 0 Å². The molecule has 0 unspecified atom stereocenters. The second-order valence-corrected chi connectivity index (χ2v) is 6.18. The minimum absolute atomic E-state index is 0.161. The molecule has 0 aromatic heterocycles. The van der Waals surface area contributed by atoms with E-state index in [1.165, 1.54) is 0 Å². The van der Waals surface area contributed by atoms with E-state index in [0.717, 1.165) is 0 Å². The van der Waals surface area contributed by atoms with Crippen molar-refractivity contribution in [3.63, 3.8) is 0 Å². The maximum atomic E-state index is 12.1. The van der Waals surface area contributed by atoms with Gasteiger partial charge < -0.3 is 5.32 Å². The van der Waals surface area contributed by atoms with Crippen LogP contribution in [0.1, 0.15) is 10.4 Å². The van der Waals surface area contributed by atoms with Crippen molar-refractivity contribution in [1.82, 2.24) is 5.32 Å². The van der Waals surface area contributed by atoms with Crippen molar-refractivity contribution in [1.29, 1.82) is 0 Å². The molecule has 0 spiro atoms. The number of anilines is 1. The fraction of sp³-hybridized carbons (Fsp3) is 0. The van der Waals surface area contributed by atoms with Gasteiger partial charge in [0.05, 0.1) is 5.56 Å². The Morgan fingerprint density at radius 3 is 2.33 bits per heavy atom. The Morgan fingerprint density at radius 1 is 1.10 bits per heavy atom. The van der Waals surface area contributed by atoms with Gasteiger partial charge in [-0.15, -0.1) is 0 Å². The molecule has 1 amide bonds. The first-order valence-corrected chi connectivity index (χ1v) is 7.74. The van der Waals surface area contributed by atoms with E-state index in [4.69, 9.17) is 35.4 Å². The summed E-state index contributed by atoms with van der Waals surface area (Å²) < 4.78 is 0.691. The zero-order chi connectivity index (χ0) is 15.4. The highest BCUT2D eigenvalue weighted by Gasteiger charge is 2.11. The molecule has 2 rings (SSSR count). The predicted molar refractivity (Wildman–Crippen MR) is 94.3 cm³/mol. The second kappa shape index (κ2) is 7.22. The molecule has 0 saturated heterocycles. The standard InChI is InChI=1S/C14H9BrCl2N2OS/c15-12-4-2-1-3-11(12)13(20)19-14(21)18-10-6-8(16)5-9(17)7-10/h1-7H,(H2,18,19,20,21). The molecule has 7 heteroatoms. The van der Waals surface area contributed by atoms with Crippen LogP contribution in [0.5, 0.6) is 0 Å². The Hall–Kier alpha value is -1.14. The monoisotopic (exact) mass is 402 g/mol. The maximum Gasteiger partial charge on any atom is 0.258 e. The van der Waals surface area contributed by atoms with Gasteiger partial charge in [0.2, 0.25) is 0 Å². The topological polar surface area (TPSA) is 41.1 Å². The van der Waals surface area contributed by atoms with Crippen molar-refractivity contribution >= 4 is 68.1 Å². The van der Waals surface area contributed by atoms with E-state index in [9.17, 15) is 4.79 Å². The normalized spacial score (nSPS) is 10.0. The minimum Gasteiger partial charge on any atom is -0.332 e. The minimum atomic E-state index is -0.312. The molecule has 0 heterocycles. The van der Waals surface area contributed by atoms with Crippen LogP contribution in [-0.4, -0.2) is 11.0 Å². The molecule has 0 radical (unpaired) electrons. The van der Waals surface area contributed by atoms with E-state index >= 15 is 0 Å². The van der Waals surface area contributed by atoms with Crippen molar-refractivity contribution < 1.29 is 4.79 Å². The van der Waals surface area contributed by atoms with Crippen LogP contribution in [0.3, 0.4) is 0 Å². The van der Waals surface area contributed by atoms with Gasteiger partial charge >= 0.3 is 0 Å². The van der Waals surface area contributed by atoms with E-state index in [0.29, 0.717) is 25.8 Å². The molecule has 0 saturated carbocycles. The largest absolute Gasteiger partial charge is 0.332 e. The van der Waals surface area contributed by atoms with E-state index in [1.54, 1.807) is 36.4 Å². The third-order valence-corrected chi connectivity index (χ3v) is 3.80. The molecular formula is C14H9BrCl2N2OS. The van der Waals surface area contributed by atoms with Crippen molar-refractivity contribution in [2.75, 3.05) is 5.32 Å². The third kappa shape index (κ3) is 4.68. The molecule has 0 fully saturated rings. The van der Waals surface area contributed by atoms with Crippen molar-refractivity contribution in [2.45, 2.75) is 0 Å². The molecule has 0 aliphatic carbocycles. The summed E-state index contributed by atoms with van der Waals surface area (Å²) in [6, 6.07) is 12.0. The number of carbonyl (C=O) groups excluding carboxylic acids is 1. The van der Waals surface area contributed by atoms with Crippen LogP contribution in [0.2, 0.25) is 10.0 Å². The van der Waals surface area contributed by atoms with Crippen LogP contribution < -0.4 is 10.6 Å². The summed E-state index contributed by atoms with van der Waals surface area (Å²) in [5, 5.41) is 6.56. The first-order valence-electron chi connectivity index (χ1n) is 5.78. The van der Waals surface area contributed by atoms with Crippen LogP contribution in [0, 0.1) is 0 Å². The molecule has 0 bridgehead atoms. The van der Waals surface area contributed by atoms with Crippen LogP contribution in [-0.2, 0) is 0 Å². The van der Waals surface area contributed by atoms with Gasteiger partial charge in [-0.2, -0.15) is 0 Å². The Labute approximate surface area is 145 Å². The Morgan fingerprint density at radius 2 is 1.71 bits per heavy atom. The van der Waals surface area contributed by atoms with E-state index < -0.39 is 0 Å². The van der Waals surface area contributed by atoms with Gasteiger partial charge in [0.25, 0.3) is 5.91 Å². The first-order chi connectivity index (χ1) is 9.95. The van der Waals surface area contributed by atoms with Gasteiger partial charge in [0.15, 0.2) is 5.11 Å². The molecule has 3 nitrogen and oxygen atoms in total. The van der Waals surface area contributed by atoms with E-state index in [1.807, 2.05) is 6.07 Å². The SMILES string of the molecule is O=C(NC(=S)Nc1cc(Cl)cc(Cl)c1)c1ccccc1Br. The molecule has 2 aromatic rings. The average Bonchev–Trinajstić information content (AvgIpc) is 2.37. The summed E-state index contributed by atoms with van der Waals surface area (Å²) >= 11 is 20.2. The highest BCUT2D eigenvalue weighted by atomic mass is 79.9. The van der Waals surface area contributed by atoms with Gasteiger partial charge in [0.1, 0.15) is 0 Å². The highest BCUT2D eigenvalue weighted by molar-refractivity contribution is 9.10. The van der Waals surface area contributed by atoms with Crippen LogP contribution in [0.4, 0.5) is 5.69 Å². The molecule has 21 heavy (non-hydrogen) atoms. The summed E-state index contributed by atoms with van der Waals surface area (Å²) in [7, 11) is 0. The smallest absolute Gasteiger partial charge is 0.258 e. The number of thiocarbonyl (C=S) groups is 1. The van der Waals surface area contributed by atoms with Gasteiger partial charge in [-0.1, -0.05) is 35.3 Å². The molecule has 108 valence electrons. The Kier molecular flexibility index (Phi) is 5.58. The number of carbonyl (C=O) groups is 1. The van der Waals surface area contributed by atoms with Gasteiger partial charge in [0, 0.05) is 20.2 Å². The molecule has 0 aliphatic heterocycles. The summed E-state index contributed by atoms with van der Waals surface area (Å²) in [6.45, 7) is 0. The number of rotatable bonds is 2. The van der Waals surface area contributed by atoms with Crippen molar-refractivity contribution in [2.24, 2.45) is 0 Å². The summed E-state index contributed by atoms with van der Waals surface area (Å²) in [6.07, 6.45) is 0.